The molecule has 2 aromatic heterocycles. The lowest BCUT2D eigenvalue weighted by Crippen LogP contribution is -2.40. The number of imidazole rings is 1. The first-order valence-electron chi connectivity index (χ1n) is 10.9. The molecule has 4 rings (SSSR count). The van der Waals surface area contributed by atoms with Crippen LogP contribution in [0.15, 0.2) is 29.7 Å². The van der Waals surface area contributed by atoms with Crippen molar-refractivity contribution in [3.05, 3.63) is 35.6 Å². The molecule has 2 unspecified atom stereocenters. The number of aliphatic hydroxyl groups excluding tert-OH is 1. The van der Waals surface area contributed by atoms with Gasteiger partial charge in [-0.1, -0.05) is 13.8 Å². The van der Waals surface area contributed by atoms with Crippen molar-refractivity contribution in [1.82, 2.24) is 19.4 Å². The molecule has 0 spiro atoms. The smallest absolute Gasteiger partial charge is 0.402 e. The van der Waals surface area contributed by atoms with Crippen molar-refractivity contribution < 1.29 is 27.8 Å². The van der Waals surface area contributed by atoms with Crippen LogP contribution in [0.2, 0.25) is 0 Å². The SMILES string of the molecule is CC1=C(N2CCOCC2)CC1n1cc(-c2cnc(N)c(OC(F)(F)F)c2)nc1C(O)C(C)C. The molecule has 1 fully saturated rings. The number of nitrogens with two attached hydrogens (primary N) is 1. The molecule has 3 N–H and O–H groups in total. The number of aromatic nitrogens is 3. The molecule has 8 nitrogen and oxygen atoms in total. The van der Waals surface area contributed by atoms with E-state index < -0.39 is 18.2 Å². The molecule has 2 aliphatic rings. The van der Waals surface area contributed by atoms with Gasteiger partial charge in [-0.15, -0.1) is 13.2 Å². The topological polar surface area (TPSA) is 98.7 Å². The zero-order valence-electron chi connectivity index (χ0n) is 18.8. The van der Waals surface area contributed by atoms with Crippen LogP contribution in [0.3, 0.4) is 0 Å². The summed E-state index contributed by atoms with van der Waals surface area (Å²) in [7, 11) is 0. The van der Waals surface area contributed by atoms with Crippen molar-refractivity contribution >= 4 is 5.82 Å². The van der Waals surface area contributed by atoms with Gasteiger partial charge in [-0.2, -0.15) is 0 Å². The second-order valence-corrected chi connectivity index (χ2v) is 8.68. The summed E-state index contributed by atoms with van der Waals surface area (Å²) in [5, 5.41) is 10.8. The van der Waals surface area contributed by atoms with Gasteiger partial charge in [-0.05, 0) is 24.5 Å². The van der Waals surface area contributed by atoms with Gasteiger partial charge < -0.3 is 29.8 Å². The van der Waals surface area contributed by atoms with Gasteiger partial charge in [0.1, 0.15) is 11.9 Å². The highest BCUT2D eigenvalue weighted by Gasteiger charge is 2.36. The molecule has 0 amide bonds. The fourth-order valence-corrected chi connectivity index (χ4v) is 4.19. The number of hydrogen-bond acceptors (Lipinski definition) is 7. The van der Waals surface area contributed by atoms with E-state index >= 15 is 0 Å². The minimum Gasteiger partial charge on any atom is -0.402 e. The minimum absolute atomic E-state index is 0.000122. The van der Waals surface area contributed by atoms with E-state index in [4.69, 9.17) is 10.5 Å². The van der Waals surface area contributed by atoms with E-state index in [2.05, 4.69) is 26.5 Å². The fourth-order valence-electron chi connectivity index (χ4n) is 4.19. The Hall–Kier alpha value is -2.79. The van der Waals surface area contributed by atoms with Crippen LogP contribution in [-0.2, 0) is 4.74 Å². The molecule has 2 aromatic rings. The van der Waals surface area contributed by atoms with Crippen molar-refractivity contribution in [3.63, 3.8) is 0 Å². The molecule has 180 valence electrons. The number of nitrogens with zero attached hydrogens (tertiary/aromatic N) is 4. The second kappa shape index (κ2) is 8.86. The lowest BCUT2D eigenvalue weighted by Gasteiger charge is -2.42. The number of nitrogen functional groups attached to an aromatic ring is 1. The molecular weight excluding hydrogens is 439 g/mol. The first-order chi connectivity index (χ1) is 15.5. The van der Waals surface area contributed by atoms with E-state index in [0.29, 0.717) is 30.3 Å². The molecule has 1 aliphatic carbocycles. The first-order valence-corrected chi connectivity index (χ1v) is 10.9. The minimum atomic E-state index is -4.89. The Morgan fingerprint density at radius 2 is 1.97 bits per heavy atom. The van der Waals surface area contributed by atoms with Crippen LogP contribution >= 0.6 is 0 Å². The van der Waals surface area contributed by atoms with Gasteiger partial charge in [0.05, 0.1) is 24.9 Å². The summed E-state index contributed by atoms with van der Waals surface area (Å²) >= 11 is 0. The van der Waals surface area contributed by atoms with Crippen LogP contribution in [0.1, 0.15) is 45.2 Å². The van der Waals surface area contributed by atoms with Crippen molar-refractivity contribution in [1.29, 1.82) is 0 Å². The van der Waals surface area contributed by atoms with Gasteiger partial charge in [0.15, 0.2) is 11.6 Å². The van der Waals surface area contributed by atoms with E-state index in [1.54, 1.807) is 6.20 Å². The highest BCUT2D eigenvalue weighted by atomic mass is 19.4. The van der Waals surface area contributed by atoms with Gasteiger partial charge in [-0.3, -0.25) is 0 Å². The van der Waals surface area contributed by atoms with E-state index in [9.17, 15) is 18.3 Å². The Kier molecular flexibility index (Phi) is 6.28. The summed E-state index contributed by atoms with van der Waals surface area (Å²) in [4.78, 5) is 10.7. The quantitative estimate of drug-likeness (QED) is 0.669. The number of hydrogen-bond donors (Lipinski definition) is 2. The van der Waals surface area contributed by atoms with Gasteiger partial charge in [-0.25, -0.2) is 9.97 Å². The van der Waals surface area contributed by atoms with E-state index in [1.807, 2.05) is 18.4 Å². The largest absolute Gasteiger partial charge is 0.573 e. The Morgan fingerprint density at radius 1 is 1.27 bits per heavy atom. The summed E-state index contributed by atoms with van der Waals surface area (Å²) in [6.45, 7) is 8.90. The number of anilines is 1. The monoisotopic (exact) mass is 467 g/mol. The average molecular weight is 467 g/mol. The van der Waals surface area contributed by atoms with Gasteiger partial charge in [0.2, 0.25) is 0 Å². The van der Waals surface area contributed by atoms with Crippen molar-refractivity contribution in [3.8, 4) is 17.0 Å². The average Bonchev–Trinajstić information content (AvgIpc) is 3.18. The normalized spacial score (nSPS) is 20.2. The van der Waals surface area contributed by atoms with Gasteiger partial charge >= 0.3 is 6.36 Å². The molecule has 2 atom stereocenters. The maximum Gasteiger partial charge on any atom is 0.573 e. The molecule has 0 radical (unpaired) electrons. The van der Waals surface area contributed by atoms with Crippen LogP contribution in [0.5, 0.6) is 5.75 Å². The fraction of sp³-hybridized carbons (Fsp3) is 0.545. The Balaban J connectivity index is 1.69. The Morgan fingerprint density at radius 3 is 2.58 bits per heavy atom. The van der Waals surface area contributed by atoms with Crippen molar-refractivity contribution in [2.45, 2.75) is 45.7 Å². The van der Waals surface area contributed by atoms with Crippen LogP contribution in [0.4, 0.5) is 19.0 Å². The summed E-state index contributed by atoms with van der Waals surface area (Å²) in [5.41, 5.74) is 8.70. The number of allylic oxidation sites excluding steroid dienone is 2. The zero-order chi connectivity index (χ0) is 23.9. The molecule has 33 heavy (non-hydrogen) atoms. The number of alkyl halides is 3. The van der Waals surface area contributed by atoms with Crippen LogP contribution < -0.4 is 10.5 Å². The number of ether oxygens (including phenoxy) is 2. The lowest BCUT2D eigenvalue weighted by atomic mass is 9.87. The maximum absolute atomic E-state index is 12.7. The van der Waals surface area contributed by atoms with Crippen molar-refractivity contribution in [2.24, 2.45) is 5.92 Å². The Labute approximate surface area is 189 Å². The van der Waals surface area contributed by atoms with Crippen molar-refractivity contribution in [2.75, 3.05) is 32.0 Å². The summed E-state index contributed by atoms with van der Waals surface area (Å²) in [5.74, 6) is -0.600. The Bertz CT molecular complexity index is 1040. The first kappa shape index (κ1) is 23.4. The third kappa shape index (κ3) is 4.79. The molecule has 3 heterocycles. The molecule has 1 aliphatic heterocycles. The molecule has 1 saturated heterocycles. The third-order valence-electron chi connectivity index (χ3n) is 6.13. The second-order valence-electron chi connectivity index (χ2n) is 8.68. The van der Waals surface area contributed by atoms with Crippen LogP contribution in [-0.4, -0.2) is 57.2 Å². The highest BCUT2D eigenvalue weighted by molar-refractivity contribution is 5.64. The molecule has 11 heteroatoms. The number of pyridine rings is 1. The molecule has 0 bridgehead atoms. The van der Waals surface area contributed by atoms with E-state index in [-0.39, 0.29) is 17.8 Å². The number of halogens is 3. The van der Waals surface area contributed by atoms with Gasteiger partial charge in [0, 0.05) is 43.2 Å². The number of morpholine rings is 1. The standard InChI is InChI=1S/C22H28F3N5O3/c1-12(2)19(31)21-28-15(14-8-18(20(26)27-10-14)33-22(23,24)25)11-30(21)17-9-16(13(17)3)29-4-6-32-7-5-29/h8,10-12,17,19,31H,4-7,9H2,1-3H3,(H2,26,27). The van der Waals surface area contributed by atoms with Crippen LogP contribution in [0.25, 0.3) is 11.3 Å². The number of aliphatic hydroxyl groups is 1. The van der Waals surface area contributed by atoms with Crippen LogP contribution in [0, 0.1) is 5.92 Å². The highest BCUT2D eigenvalue weighted by Crippen LogP contribution is 2.43. The zero-order valence-corrected chi connectivity index (χ0v) is 18.8. The summed E-state index contributed by atoms with van der Waals surface area (Å²) in [6.07, 6.45) is -1.86. The summed E-state index contributed by atoms with van der Waals surface area (Å²) < 4.78 is 49.6. The third-order valence-corrected chi connectivity index (χ3v) is 6.13. The van der Waals surface area contributed by atoms with Gasteiger partial charge in [0.25, 0.3) is 0 Å². The predicted octanol–water partition coefficient (Wildman–Crippen LogP) is 3.67. The lowest BCUT2D eigenvalue weighted by molar-refractivity contribution is -0.274. The predicted molar refractivity (Wildman–Crippen MR) is 115 cm³/mol. The molecule has 0 saturated carbocycles. The van der Waals surface area contributed by atoms with E-state index in [1.165, 1.54) is 17.5 Å². The molecule has 0 aromatic carbocycles. The number of rotatable bonds is 6. The maximum atomic E-state index is 12.7. The molecular formula is C22H28F3N5O3. The summed E-state index contributed by atoms with van der Waals surface area (Å²) in [6, 6.07) is 1.16. The van der Waals surface area contributed by atoms with E-state index in [0.717, 1.165) is 25.6 Å².